The molecule has 0 saturated carbocycles. The predicted octanol–water partition coefficient (Wildman–Crippen LogP) is 1.19. The molecule has 0 atom stereocenters. The molecular formula is C14H17BrN4O. The first-order valence-electron chi connectivity index (χ1n) is 6.51. The molecule has 0 aromatic heterocycles. The molecule has 0 radical (unpaired) electrons. The largest absolute Gasteiger partial charge is 0.364 e. The summed E-state index contributed by atoms with van der Waals surface area (Å²) in [6.45, 7) is 3.58. The topological polar surface area (TPSA) is 59.4 Å². The van der Waals surface area contributed by atoms with Crippen LogP contribution >= 0.6 is 15.9 Å². The van der Waals surface area contributed by atoms with E-state index in [0.29, 0.717) is 12.1 Å². The molecule has 5 nitrogen and oxygen atoms in total. The van der Waals surface area contributed by atoms with Crippen LogP contribution in [0.15, 0.2) is 22.7 Å². The predicted molar refractivity (Wildman–Crippen MR) is 81.6 cm³/mol. The van der Waals surface area contributed by atoms with Gasteiger partial charge in [0.2, 0.25) is 5.91 Å². The summed E-state index contributed by atoms with van der Waals surface area (Å²) < 4.78 is 0.826. The van der Waals surface area contributed by atoms with Gasteiger partial charge in [-0.1, -0.05) is 0 Å². The van der Waals surface area contributed by atoms with E-state index < -0.39 is 0 Å². The van der Waals surface area contributed by atoms with Crippen molar-refractivity contribution in [2.75, 3.05) is 44.7 Å². The quantitative estimate of drug-likeness (QED) is 0.900. The molecule has 6 heteroatoms. The van der Waals surface area contributed by atoms with Crippen LogP contribution in [-0.2, 0) is 4.79 Å². The van der Waals surface area contributed by atoms with E-state index in [2.05, 4.69) is 27.3 Å². The molecule has 1 amide bonds. The van der Waals surface area contributed by atoms with Gasteiger partial charge < -0.3 is 15.1 Å². The molecule has 0 bridgehead atoms. The summed E-state index contributed by atoms with van der Waals surface area (Å²) in [7, 11) is 1.88. The number of nitrogens with zero attached hydrogens (tertiary/aromatic N) is 3. The molecule has 2 rings (SSSR count). The number of piperazine rings is 1. The summed E-state index contributed by atoms with van der Waals surface area (Å²) in [5.41, 5.74) is 1.51. The molecule has 106 valence electrons. The highest BCUT2D eigenvalue weighted by atomic mass is 79.9. The number of carbonyl (C=O) groups excluding carboxylic acids is 1. The summed E-state index contributed by atoms with van der Waals surface area (Å²) in [6.07, 6.45) is 0. The van der Waals surface area contributed by atoms with Crippen LogP contribution in [0.3, 0.4) is 0 Å². The fraction of sp³-hybridized carbons (Fsp3) is 0.429. The first-order valence-corrected chi connectivity index (χ1v) is 7.30. The Bertz CT molecular complexity index is 534. The standard InChI is InChI=1S/C14H17BrN4O/c1-18(10-14(20)19-6-4-17-5-7-19)13-3-2-11(9-16)8-12(13)15/h2-3,8,17H,4-7,10H2,1H3. The molecule has 1 saturated heterocycles. The van der Waals surface area contributed by atoms with E-state index in [0.717, 1.165) is 36.3 Å². The van der Waals surface area contributed by atoms with Crippen molar-refractivity contribution in [1.29, 1.82) is 5.26 Å². The number of likely N-dealkylation sites (N-methyl/N-ethyl adjacent to an activating group) is 1. The molecule has 0 spiro atoms. The molecule has 0 aliphatic carbocycles. The smallest absolute Gasteiger partial charge is 0.242 e. The van der Waals surface area contributed by atoms with Crippen LogP contribution in [0.25, 0.3) is 0 Å². The molecule has 1 aromatic rings. The summed E-state index contributed by atoms with van der Waals surface area (Å²) in [4.78, 5) is 16.0. The molecule has 1 aromatic carbocycles. The lowest BCUT2D eigenvalue weighted by Gasteiger charge is -2.30. The molecule has 1 heterocycles. The minimum atomic E-state index is 0.130. The highest BCUT2D eigenvalue weighted by Crippen LogP contribution is 2.26. The Labute approximate surface area is 127 Å². The first kappa shape index (κ1) is 14.8. The number of amides is 1. The minimum absolute atomic E-state index is 0.130. The zero-order chi connectivity index (χ0) is 14.5. The van der Waals surface area contributed by atoms with Crippen molar-refractivity contribution in [3.63, 3.8) is 0 Å². The van der Waals surface area contributed by atoms with Crippen molar-refractivity contribution in [1.82, 2.24) is 10.2 Å². The Kier molecular flexibility index (Phi) is 4.99. The van der Waals surface area contributed by atoms with Crippen LogP contribution in [0.1, 0.15) is 5.56 Å². The van der Waals surface area contributed by atoms with Gasteiger partial charge >= 0.3 is 0 Å². The molecular weight excluding hydrogens is 320 g/mol. The number of hydrogen-bond donors (Lipinski definition) is 1. The van der Waals surface area contributed by atoms with E-state index in [9.17, 15) is 4.79 Å². The van der Waals surface area contributed by atoms with Gasteiger partial charge in [-0.2, -0.15) is 5.26 Å². The number of halogens is 1. The van der Waals surface area contributed by atoms with Crippen molar-refractivity contribution < 1.29 is 4.79 Å². The Morgan fingerprint density at radius 1 is 1.50 bits per heavy atom. The van der Waals surface area contributed by atoms with E-state index in [1.165, 1.54) is 0 Å². The second-order valence-electron chi connectivity index (χ2n) is 4.76. The van der Waals surface area contributed by atoms with Gasteiger partial charge in [-0.05, 0) is 34.1 Å². The van der Waals surface area contributed by atoms with Gasteiger partial charge in [0.25, 0.3) is 0 Å². The van der Waals surface area contributed by atoms with Gasteiger partial charge in [-0.15, -0.1) is 0 Å². The van der Waals surface area contributed by atoms with Crippen molar-refractivity contribution in [3.8, 4) is 6.07 Å². The number of carbonyl (C=O) groups is 1. The number of rotatable bonds is 3. The Balaban J connectivity index is 2.02. The number of nitrogens with one attached hydrogen (secondary N) is 1. The average molecular weight is 337 g/mol. The maximum atomic E-state index is 12.2. The molecule has 1 aliphatic rings. The summed E-state index contributed by atoms with van der Waals surface area (Å²) >= 11 is 3.45. The third-order valence-electron chi connectivity index (χ3n) is 3.33. The number of benzene rings is 1. The Morgan fingerprint density at radius 3 is 2.80 bits per heavy atom. The van der Waals surface area contributed by atoms with E-state index >= 15 is 0 Å². The summed E-state index contributed by atoms with van der Waals surface area (Å²) in [5.74, 6) is 0.130. The maximum Gasteiger partial charge on any atom is 0.242 e. The lowest BCUT2D eigenvalue weighted by Crippen LogP contribution is -2.49. The number of anilines is 1. The van der Waals surface area contributed by atoms with Gasteiger partial charge in [0.05, 0.1) is 23.9 Å². The van der Waals surface area contributed by atoms with Crippen LogP contribution in [0.4, 0.5) is 5.69 Å². The Morgan fingerprint density at radius 2 is 2.20 bits per heavy atom. The number of hydrogen-bond acceptors (Lipinski definition) is 4. The second kappa shape index (κ2) is 6.73. The lowest BCUT2D eigenvalue weighted by molar-refractivity contribution is -0.130. The Hall–Kier alpha value is -1.58. The maximum absolute atomic E-state index is 12.2. The molecule has 1 aliphatic heterocycles. The highest BCUT2D eigenvalue weighted by Gasteiger charge is 2.18. The fourth-order valence-corrected chi connectivity index (χ4v) is 2.87. The monoisotopic (exact) mass is 336 g/mol. The molecule has 1 fully saturated rings. The van der Waals surface area contributed by atoms with Gasteiger partial charge in [0.15, 0.2) is 0 Å². The first-order chi connectivity index (χ1) is 9.61. The third kappa shape index (κ3) is 3.50. The fourth-order valence-electron chi connectivity index (χ4n) is 2.19. The molecule has 1 N–H and O–H groups in total. The zero-order valence-corrected chi connectivity index (χ0v) is 13.0. The normalized spacial score (nSPS) is 14.8. The van der Waals surface area contributed by atoms with Crippen LogP contribution in [-0.4, -0.2) is 50.6 Å². The van der Waals surface area contributed by atoms with E-state index in [1.807, 2.05) is 22.9 Å². The van der Waals surface area contributed by atoms with Crippen LogP contribution in [0.2, 0.25) is 0 Å². The summed E-state index contributed by atoms with van der Waals surface area (Å²) in [5, 5.41) is 12.1. The average Bonchev–Trinajstić information content (AvgIpc) is 2.47. The van der Waals surface area contributed by atoms with Crippen molar-refractivity contribution >= 4 is 27.5 Å². The van der Waals surface area contributed by atoms with Crippen molar-refractivity contribution in [2.24, 2.45) is 0 Å². The SMILES string of the molecule is CN(CC(=O)N1CCNCC1)c1ccc(C#N)cc1Br. The minimum Gasteiger partial charge on any atom is -0.364 e. The van der Waals surface area contributed by atoms with Gasteiger partial charge in [-0.3, -0.25) is 4.79 Å². The van der Waals surface area contributed by atoms with Crippen molar-refractivity contribution in [2.45, 2.75) is 0 Å². The molecule has 0 unspecified atom stereocenters. The van der Waals surface area contributed by atoms with Crippen LogP contribution in [0.5, 0.6) is 0 Å². The van der Waals surface area contributed by atoms with Crippen LogP contribution < -0.4 is 10.2 Å². The second-order valence-corrected chi connectivity index (χ2v) is 5.62. The zero-order valence-electron chi connectivity index (χ0n) is 11.4. The van der Waals surface area contributed by atoms with Gasteiger partial charge in [0.1, 0.15) is 0 Å². The highest BCUT2D eigenvalue weighted by molar-refractivity contribution is 9.10. The summed E-state index contributed by atoms with van der Waals surface area (Å²) in [6, 6.07) is 7.47. The third-order valence-corrected chi connectivity index (χ3v) is 3.97. The van der Waals surface area contributed by atoms with E-state index in [4.69, 9.17) is 5.26 Å². The number of nitriles is 1. The van der Waals surface area contributed by atoms with Gasteiger partial charge in [-0.25, -0.2) is 0 Å². The van der Waals surface area contributed by atoms with Crippen LogP contribution in [0, 0.1) is 11.3 Å². The van der Waals surface area contributed by atoms with Crippen molar-refractivity contribution in [3.05, 3.63) is 28.2 Å². The molecule has 20 heavy (non-hydrogen) atoms. The van der Waals surface area contributed by atoms with E-state index in [-0.39, 0.29) is 5.91 Å². The lowest BCUT2D eigenvalue weighted by atomic mass is 10.2. The van der Waals surface area contributed by atoms with Gasteiger partial charge in [0, 0.05) is 37.7 Å². The van der Waals surface area contributed by atoms with E-state index in [1.54, 1.807) is 12.1 Å².